The Kier molecular flexibility index (Phi) is 6.64. The van der Waals surface area contributed by atoms with Crippen LogP contribution in [0.15, 0.2) is 89.5 Å². The Morgan fingerprint density at radius 3 is 2.13 bits per heavy atom. The highest BCUT2D eigenvalue weighted by Gasteiger charge is 2.14. The molecule has 6 nitrogen and oxygen atoms in total. The van der Waals surface area contributed by atoms with Crippen LogP contribution in [-0.2, 0) is 10.1 Å². The number of nitrogens with zero attached hydrogens (tertiary/aromatic N) is 2. The van der Waals surface area contributed by atoms with Crippen molar-refractivity contribution in [3.05, 3.63) is 95.7 Å². The number of nitrogens with one attached hydrogen (secondary N) is 1. The molecule has 0 aliphatic rings. The number of anilines is 1. The van der Waals surface area contributed by atoms with E-state index in [1.165, 1.54) is 12.1 Å². The van der Waals surface area contributed by atoms with E-state index in [1.54, 1.807) is 30.4 Å². The van der Waals surface area contributed by atoms with Crippen LogP contribution < -0.4 is 5.32 Å². The number of hydrogen-bond donors (Lipinski definition) is 2. The van der Waals surface area contributed by atoms with Crippen molar-refractivity contribution in [1.82, 2.24) is 0 Å². The van der Waals surface area contributed by atoms with Gasteiger partial charge in [0.15, 0.2) is 0 Å². The van der Waals surface area contributed by atoms with Crippen LogP contribution in [0.3, 0.4) is 0 Å². The minimum absolute atomic E-state index is 0.170. The van der Waals surface area contributed by atoms with E-state index < -0.39 is 10.1 Å². The molecule has 2 N–H and O–H groups in total. The summed E-state index contributed by atoms with van der Waals surface area (Å²) in [4.78, 5) is -0.293. The second-order valence-electron chi connectivity index (χ2n) is 6.47. The molecule has 31 heavy (non-hydrogen) atoms. The Hall–Kier alpha value is -4.17. The molecule has 3 rings (SSSR count). The predicted octanol–water partition coefficient (Wildman–Crippen LogP) is 5.11. The average molecular weight is 427 g/mol. The fraction of sp³-hybridized carbons (Fsp3) is 0. The van der Waals surface area contributed by atoms with E-state index in [1.807, 2.05) is 54.6 Å². The summed E-state index contributed by atoms with van der Waals surface area (Å²) in [5, 5.41) is 20.2. The molecule has 0 unspecified atom stereocenters. The molecular weight excluding hydrogens is 410 g/mol. The summed E-state index contributed by atoms with van der Waals surface area (Å²) in [5.74, 6) is 0. The normalized spacial score (nSPS) is 10.8. The molecular formula is C24H17N3O3S. The van der Waals surface area contributed by atoms with Crippen molar-refractivity contribution >= 4 is 28.0 Å². The van der Waals surface area contributed by atoms with Gasteiger partial charge in [0.2, 0.25) is 0 Å². The van der Waals surface area contributed by atoms with Crippen LogP contribution in [-0.4, -0.2) is 13.0 Å². The molecule has 152 valence electrons. The molecule has 3 aromatic rings. The Morgan fingerprint density at radius 2 is 1.52 bits per heavy atom. The molecule has 0 radical (unpaired) electrons. The maximum atomic E-state index is 11.8. The van der Waals surface area contributed by atoms with Crippen LogP contribution in [0.5, 0.6) is 0 Å². The van der Waals surface area contributed by atoms with Gasteiger partial charge >= 0.3 is 0 Å². The van der Waals surface area contributed by atoms with Crippen LogP contribution in [0.1, 0.15) is 11.1 Å². The topological polar surface area (TPSA) is 114 Å². The van der Waals surface area contributed by atoms with E-state index in [-0.39, 0.29) is 10.5 Å². The van der Waals surface area contributed by atoms with Crippen molar-refractivity contribution in [3.8, 4) is 23.3 Å². The zero-order chi connectivity index (χ0) is 22.3. The fourth-order valence-corrected chi connectivity index (χ4v) is 3.54. The lowest BCUT2D eigenvalue weighted by molar-refractivity contribution is 0.483. The first-order valence-electron chi connectivity index (χ1n) is 9.13. The number of benzene rings is 3. The van der Waals surface area contributed by atoms with E-state index in [0.717, 1.165) is 22.9 Å². The number of allylic oxidation sites excluding steroid dienone is 1. The minimum atomic E-state index is -4.49. The second-order valence-corrected chi connectivity index (χ2v) is 7.86. The van der Waals surface area contributed by atoms with Gasteiger partial charge in [-0.1, -0.05) is 72.8 Å². The third kappa shape index (κ3) is 5.68. The third-order valence-electron chi connectivity index (χ3n) is 4.39. The van der Waals surface area contributed by atoms with E-state index in [0.29, 0.717) is 11.3 Å². The van der Waals surface area contributed by atoms with Gasteiger partial charge in [-0.3, -0.25) is 4.55 Å². The number of nitriles is 2. The maximum absolute atomic E-state index is 11.8. The molecule has 0 saturated heterocycles. The summed E-state index contributed by atoms with van der Waals surface area (Å²) in [7, 11) is -4.49. The molecule has 0 aromatic heterocycles. The SMILES string of the molecule is N#CC(C#N)=CNc1ccc(C=Cc2ccc(-c3ccccc3)cc2)c(S(=O)(=O)O)c1. The van der Waals surface area contributed by atoms with E-state index in [9.17, 15) is 13.0 Å². The monoisotopic (exact) mass is 427 g/mol. The Balaban J connectivity index is 1.87. The molecule has 0 aliphatic carbocycles. The lowest BCUT2D eigenvalue weighted by Gasteiger charge is -2.07. The number of rotatable bonds is 6. The molecule has 0 aliphatic heterocycles. The van der Waals surface area contributed by atoms with E-state index in [2.05, 4.69) is 5.32 Å². The number of hydrogen-bond acceptors (Lipinski definition) is 5. The van der Waals surface area contributed by atoms with Crippen LogP contribution in [0.4, 0.5) is 5.69 Å². The zero-order valence-corrected chi connectivity index (χ0v) is 17.0. The van der Waals surface area contributed by atoms with Crippen LogP contribution >= 0.6 is 0 Å². The van der Waals surface area contributed by atoms with E-state index >= 15 is 0 Å². The molecule has 0 amide bonds. The zero-order valence-electron chi connectivity index (χ0n) is 16.2. The third-order valence-corrected chi connectivity index (χ3v) is 5.30. The Labute approximate surface area is 180 Å². The minimum Gasteiger partial charge on any atom is -0.360 e. The lowest BCUT2D eigenvalue weighted by Crippen LogP contribution is -2.02. The maximum Gasteiger partial charge on any atom is 0.295 e. The Morgan fingerprint density at radius 1 is 0.871 bits per heavy atom. The van der Waals surface area contributed by atoms with Crippen molar-refractivity contribution in [2.24, 2.45) is 0 Å². The summed E-state index contributed by atoms with van der Waals surface area (Å²) in [5.41, 5.74) is 3.45. The van der Waals surface area contributed by atoms with Crippen molar-refractivity contribution < 1.29 is 13.0 Å². The molecule has 3 aromatic carbocycles. The first-order valence-corrected chi connectivity index (χ1v) is 10.6. The van der Waals surface area contributed by atoms with Gasteiger partial charge in [0.05, 0.1) is 0 Å². The summed E-state index contributed by atoms with van der Waals surface area (Å²) < 4.78 is 33.3. The Bertz CT molecular complexity index is 1310. The lowest BCUT2D eigenvalue weighted by atomic mass is 10.0. The van der Waals surface area contributed by atoms with Crippen LogP contribution in [0, 0.1) is 22.7 Å². The molecule has 0 spiro atoms. The summed E-state index contributed by atoms with van der Waals surface area (Å²) in [6, 6.07) is 25.4. The molecule has 0 atom stereocenters. The quantitative estimate of drug-likeness (QED) is 0.321. The van der Waals surface area contributed by atoms with Gasteiger partial charge in [0.25, 0.3) is 10.1 Å². The summed E-state index contributed by atoms with van der Waals surface area (Å²) in [6.07, 6.45) is 4.50. The summed E-state index contributed by atoms with van der Waals surface area (Å²) in [6.45, 7) is 0. The van der Waals surface area contributed by atoms with Crippen molar-refractivity contribution in [2.45, 2.75) is 4.90 Å². The standard InChI is InChI=1S/C24H17N3O3S/c25-15-19(16-26)17-27-23-13-12-22(24(14-23)31(28,29)30)11-8-18-6-9-21(10-7-18)20-4-2-1-3-5-20/h1-14,17,27H,(H,28,29,30). The summed E-state index contributed by atoms with van der Waals surface area (Å²) >= 11 is 0. The molecule has 0 heterocycles. The van der Waals surface area contributed by atoms with Crippen molar-refractivity contribution in [2.75, 3.05) is 5.32 Å². The molecule has 0 bridgehead atoms. The predicted molar refractivity (Wildman–Crippen MR) is 120 cm³/mol. The van der Waals surface area contributed by atoms with Gasteiger partial charge in [-0.15, -0.1) is 0 Å². The highest BCUT2D eigenvalue weighted by Crippen LogP contribution is 2.24. The first-order chi connectivity index (χ1) is 14.9. The first kappa shape index (κ1) is 21.5. The van der Waals surface area contributed by atoms with Gasteiger partial charge in [0, 0.05) is 11.9 Å². The molecule has 0 saturated carbocycles. The van der Waals surface area contributed by atoms with Crippen LogP contribution in [0.2, 0.25) is 0 Å². The van der Waals surface area contributed by atoms with Gasteiger partial charge < -0.3 is 5.32 Å². The molecule has 0 fully saturated rings. The highest BCUT2D eigenvalue weighted by atomic mass is 32.2. The fourth-order valence-electron chi connectivity index (χ4n) is 2.83. The van der Waals surface area contributed by atoms with Gasteiger partial charge in [-0.25, -0.2) is 0 Å². The van der Waals surface area contributed by atoms with E-state index in [4.69, 9.17) is 10.5 Å². The highest BCUT2D eigenvalue weighted by molar-refractivity contribution is 7.86. The largest absolute Gasteiger partial charge is 0.360 e. The van der Waals surface area contributed by atoms with Crippen molar-refractivity contribution in [3.63, 3.8) is 0 Å². The molecule has 7 heteroatoms. The van der Waals surface area contributed by atoms with Crippen molar-refractivity contribution in [1.29, 1.82) is 10.5 Å². The average Bonchev–Trinajstić information content (AvgIpc) is 2.79. The second kappa shape index (κ2) is 9.55. The smallest absolute Gasteiger partial charge is 0.295 e. The van der Waals surface area contributed by atoms with Gasteiger partial charge in [0.1, 0.15) is 22.6 Å². The van der Waals surface area contributed by atoms with Crippen LogP contribution in [0.25, 0.3) is 23.3 Å². The van der Waals surface area contributed by atoms with Gasteiger partial charge in [-0.2, -0.15) is 18.9 Å². The van der Waals surface area contributed by atoms with Gasteiger partial charge in [-0.05, 0) is 34.4 Å².